The van der Waals surface area contributed by atoms with Crippen molar-refractivity contribution in [3.63, 3.8) is 0 Å². The second kappa shape index (κ2) is 23.8. The van der Waals surface area contributed by atoms with Crippen molar-refractivity contribution in [1.29, 1.82) is 0 Å². The molecule has 0 spiro atoms. The number of anilines is 2. The maximum Gasteiger partial charge on any atom is 0.576 e. The van der Waals surface area contributed by atoms with Gasteiger partial charge < -0.3 is 27.6 Å². The molecule has 0 bridgehead atoms. The van der Waals surface area contributed by atoms with Crippen LogP contribution in [0.5, 0.6) is 0 Å². The summed E-state index contributed by atoms with van der Waals surface area (Å²) in [6.45, 7) is 53.8. The maximum atomic E-state index is 14.1. The summed E-state index contributed by atoms with van der Waals surface area (Å²) in [5.41, 5.74) is 22.3. The van der Waals surface area contributed by atoms with E-state index in [9.17, 15) is 19.2 Å². The fourth-order valence-corrected chi connectivity index (χ4v) is 18.9. The molecule has 0 amide bonds. The number of nitrogens with zero attached hydrogens (tertiary/aromatic N) is 2. The van der Waals surface area contributed by atoms with Crippen molar-refractivity contribution in [2.24, 2.45) is 0 Å². The number of benzene rings is 6. The molecule has 6 nitrogen and oxygen atoms in total. The average molecular weight is 1120 g/mol. The Morgan fingerprint density at radius 2 is 0.400 bits per heavy atom. The van der Waals surface area contributed by atoms with Crippen LogP contribution in [-0.2, 0) is 0 Å². The molecule has 1 aliphatic rings. The van der Waals surface area contributed by atoms with Crippen LogP contribution in [0.4, 0.5) is 11.4 Å². The van der Waals surface area contributed by atoms with Gasteiger partial charge in [-0.25, -0.2) is 0 Å². The topological polar surface area (TPSA) is 87.4 Å². The molecule has 1 saturated heterocycles. The van der Waals surface area contributed by atoms with Crippen LogP contribution in [0.1, 0.15) is 304 Å². The van der Waals surface area contributed by atoms with Gasteiger partial charge in [0, 0.05) is 33.6 Å². The molecule has 1 fully saturated rings. The van der Waals surface area contributed by atoms with Crippen molar-refractivity contribution in [3.8, 4) is 44.5 Å². The smallest absolute Gasteiger partial charge is 0.379 e. The molecule has 1 aliphatic heterocycles. The molecular formula is C72H102N2O4Si2. The summed E-state index contributed by atoms with van der Waals surface area (Å²) in [6.07, 6.45) is 0. The first kappa shape index (κ1) is 62.8. The summed E-state index contributed by atoms with van der Waals surface area (Å²) in [5.74, 6) is 1.87. The summed E-state index contributed by atoms with van der Waals surface area (Å²) in [7, 11) is -10.5. The minimum Gasteiger partial charge on any atom is -0.379 e. The van der Waals surface area contributed by atoms with Crippen molar-refractivity contribution in [2.75, 3.05) is 8.46 Å². The van der Waals surface area contributed by atoms with E-state index in [0.717, 1.165) is 89.0 Å². The molecule has 0 aromatic heterocycles. The van der Waals surface area contributed by atoms with Crippen LogP contribution < -0.4 is 8.46 Å². The van der Waals surface area contributed by atoms with Crippen LogP contribution in [0.2, 0.25) is 0 Å². The van der Waals surface area contributed by atoms with E-state index in [1.807, 2.05) is 0 Å². The monoisotopic (exact) mass is 1110 g/mol. The van der Waals surface area contributed by atoms with E-state index in [2.05, 4.69) is 251 Å². The van der Waals surface area contributed by atoms with Crippen LogP contribution in [0.25, 0.3) is 44.5 Å². The lowest BCUT2D eigenvalue weighted by Crippen LogP contribution is -2.96. The SMILES string of the molecule is CC(C)c1cc(C(C)C)c(-c2cccc(-c3c(C(C)C)cc(C(C)C)cc3C(C)C)c2N2[Si](O)(O)N(c3c(-c4c(C(C)C)cc(C(C)C)cc4C(C)C)cccc3-c3c(C(C)C)cc(C(C)C)cc3C(C)C)[Si]2(O)O)c(C(C)C)c1. The zero-order valence-electron chi connectivity index (χ0n) is 53.7. The zero-order valence-corrected chi connectivity index (χ0v) is 55.7. The third kappa shape index (κ3) is 11.4. The zero-order chi connectivity index (χ0) is 59.7. The highest BCUT2D eigenvalue weighted by Crippen LogP contribution is 2.58. The minimum absolute atomic E-state index is 0.0955. The molecule has 6 aromatic carbocycles. The van der Waals surface area contributed by atoms with Crippen molar-refractivity contribution in [2.45, 2.75) is 237 Å². The lowest BCUT2D eigenvalue weighted by atomic mass is 9.78. The van der Waals surface area contributed by atoms with Crippen molar-refractivity contribution in [3.05, 3.63) is 152 Å². The largest absolute Gasteiger partial charge is 0.576 e. The van der Waals surface area contributed by atoms with Gasteiger partial charge in [-0.2, -0.15) is 0 Å². The highest BCUT2D eigenvalue weighted by Gasteiger charge is 2.78. The molecule has 4 N–H and O–H groups in total. The normalized spacial score (nSPS) is 14.8. The first-order chi connectivity index (χ1) is 37.2. The van der Waals surface area contributed by atoms with Gasteiger partial charge >= 0.3 is 17.8 Å². The molecular weight excluding hydrogens is 1010 g/mol. The molecule has 0 unspecified atom stereocenters. The predicted molar refractivity (Wildman–Crippen MR) is 349 cm³/mol. The maximum absolute atomic E-state index is 14.1. The summed E-state index contributed by atoms with van der Waals surface area (Å²) < 4.78 is 2.78. The van der Waals surface area contributed by atoms with Crippen LogP contribution in [0.15, 0.2) is 84.9 Å². The Balaban J connectivity index is 1.73. The molecule has 80 heavy (non-hydrogen) atoms. The first-order valence-corrected chi connectivity index (χ1v) is 34.2. The van der Waals surface area contributed by atoms with Gasteiger partial charge in [-0.1, -0.05) is 251 Å². The molecule has 0 saturated carbocycles. The van der Waals surface area contributed by atoms with Crippen molar-refractivity contribution in [1.82, 2.24) is 0 Å². The lowest BCUT2D eigenvalue weighted by molar-refractivity contribution is 0.284. The van der Waals surface area contributed by atoms with Gasteiger partial charge in [0.05, 0.1) is 0 Å². The van der Waals surface area contributed by atoms with E-state index in [4.69, 9.17) is 0 Å². The summed E-state index contributed by atoms with van der Waals surface area (Å²) in [6, 6.07) is 31.3. The van der Waals surface area contributed by atoms with E-state index in [1.54, 1.807) is 0 Å². The van der Waals surface area contributed by atoms with Gasteiger partial charge in [0.2, 0.25) is 0 Å². The Morgan fingerprint density at radius 1 is 0.250 bits per heavy atom. The van der Waals surface area contributed by atoms with E-state index >= 15 is 0 Å². The molecule has 0 atom stereocenters. The van der Waals surface area contributed by atoms with Gasteiger partial charge in [0.15, 0.2) is 0 Å². The number of hydrogen-bond acceptors (Lipinski definition) is 6. The van der Waals surface area contributed by atoms with Gasteiger partial charge in [-0.3, -0.25) is 0 Å². The van der Waals surface area contributed by atoms with Gasteiger partial charge in [-0.05, 0) is 160 Å². The molecule has 7 rings (SSSR count). The van der Waals surface area contributed by atoms with E-state index < -0.39 is 17.8 Å². The first-order valence-electron chi connectivity index (χ1n) is 30.7. The van der Waals surface area contributed by atoms with Crippen molar-refractivity contribution < 1.29 is 19.2 Å². The van der Waals surface area contributed by atoms with E-state index in [-0.39, 0.29) is 71.0 Å². The second-order valence-corrected chi connectivity index (χ2v) is 32.5. The van der Waals surface area contributed by atoms with Crippen LogP contribution >= 0.6 is 0 Å². The second-order valence-electron chi connectivity index (χ2n) is 27.4. The fraction of sp³-hybridized carbons (Fsp3) is 0.500. The van der Waals surface area contributed by atoms with E-state index in [1.165, 1.54) is 30.7 Å². The van der Waals surface area contributed by atoms with Crippen LogP contribution in [0.3, 0.4) is 0 Å². The Hall–Kier alpha value is -4.81. The third-order valence-electron chi connectivity index (χ3n) is 17.3. The summed E-state index contributed by atoms with van der Waals surface area (Å²) >= 11 is 0. The Kier molecular flexibility index (Phi) is 18.7. The standard InChI is InChI=1S/C72H102N2O4Si2/c1-39(2)51-31-59(43(9)10)67(60(32-51)44(11)12)55-27-25-28-56(68-61(45(13)14)33-52(40(3)4)34-62(68)46(15)16)71(55)73-79(75,76)74(80(73,77)78)72-57(69-63(47(17)18)35-53(41(5)6)36-64(69)48(19)20)29-26-30-58(72)70-65(49(21)22)37-54(42(7)8)38-66(70)50(23)24/h25-50,75-78H,1-24H3. The predicted octanol–water partition coefficient (Wildman–Crippen LogP) is 20.0. The highest BCUT2D eigenvalue weighted by molar-refractivity contribution is 7.11. The quantitative estimate of drug-likeness (QED) is 0.0642. The lowest BCUT2D eigenvalue weighted by Gasteiger charge is -2.60. The molecule has 0 aliphatic carbocycles. The van der Waals surface area contributed by atoms with E-state index in [0.29, 0.717) is 11.4 Å². The fourth-order valence-electron chi connectivity index (χ4n) is 12.6. The number of para-hydroxylation sites is 2. The van der Waals surface area contributed by atoms with Crippen molar-refractivity contribution >= 4 is 29.1 Å². The Morgan fingerprint density at radius 3 is 0.525 bits per heavy atom. The molecule has 432 valence electrons. The summed E-state index contributed by atoms with van der Waals surface area (Å²) in [5, 5.41) is 0. The van der Waals surface area contributed by atoms with Gasteiger partial charge in [-0.15, -0.1) is 0 Å². The molecule has 8 heteroatoms. The number of rotatable bonds is 18. The van der Waals surface area contributed by atoms with Crippen LogP contribution in [0, 0.1) is 0 Å². The van der Waals surface area contributed by atoms with Gasteiger partial charge in [0.1, 0.15) is 0 Å². The molecule has 0 radical (unpaired) electrons. The Labute approximate surface area is 487 Å². The Bertz CT molecular complexity index is 2690. The third-order valence-corrected chi connectivity index (χ3v) is 24.2. The van der Waals surface area contributed by atoms with Gasteiger partial charge in [0.25, 0.3) is 0 Å². The van der Waals surface area contributed by atoms with Crippen LogP contribution in [-0.4, -0.2) is 37.0 Å². The minimum atomic E-state index is -5.23. The molecule has 6 aromatic rings. The number of hydrogen-bond donors (Lipinski definition) is 4. The highest BCUT2D eigenvalue weighted by atomic mass is 28.5. The summed E-state index contributed by atoms with van der Waals surface area (Å²) in [4.78, 5) is 56.5. The molecule has 1 heterocycles. The average Bonchev–Trinajstić information content (AvgIpc) is 3.36.